The number of aromatic amines is 1. The van der Waals surface area contributed by atoms with Gasteiger partial charge < -0.3 is 25.3 Å². The smallest absolute Gasteiger partial charge is 0.255 e. The first-order valence-electron chi connectivity index (χ1n) is 8.90. The molecule has 1 fully saturated rings. The first kappa shape index (κ1) is 18.8. The van der Waals surface area contributed by atoms with Crippen LogP contribution in [0.5, 0.6) is 0 Å². The SMILES string of the molecule is C=CC(=O)N1CC[C@H](Nc2cnc3[nH]cc(C(=O)NCC)c3n2)[C@H](OC)C1. The Morgan fingerprint density at radius 1 is 1.52 bits per heavy atom. The van der Waals surface area contributed by atoms with Gasteiger partial charge in [0.25, 0.3) is 5.91 Å². The van der Waals surface area contributed by atoms with Gasteiger partial charge in [-0.2, -0.15) is 0 Å². The molecule has 0 spiro atoms. The second-order valence-corrected chi connectivity index (χ2v) is 6.32. The topological polar surface area (TPSA) is 112 Å². The summed E-state index contributed by atoms with van der Waals surface area (Å²) in [7, 11) is 1.62. The number of rotatable bonds is 6. The molecule has 3 N–H and O–H groups in total. The average molecular weight is 372 g/mol. The molecule has 9 nitrogen and oxygen atoms in total. The summed E-state index contributed by atoms with van der Waals surface area (Å²) in [6, 6.07) is -0.0255. The third kappa shape index (κ3) is 3.92. The largest absolute Gasteiger partial charge is 0.377 e. The minimum absolute atomic E-state index is 0.0255. The second-order valence-electron chi connectivity index (χ2n) is 6.32. The Kier molecular flexibility index (Phi) is 5.70. The Bertz CT molecular complexity index is 849. The summed E-state index contributed by atoms with van der Waals surface area (Å²) in [6.45, 7) is 7.01. The normalized spacial score (nSPS) is 19.7. The summed E-state index contributed by atoms with van der Waals surface area (Å²) in [5, 5.41) is 6.10. The fourth-order valence-corrected chi connectivity index (χ4v) is 3.23. The van der Waals surface area contributed by atoms with Crippen molar-refractivity contribution in [3.05, 3.63) is 30.6 Å². The molecule has 1 aliphatic heterocycles. The Labute approximate surface area is 157 Å². The van der Waals surface area contributed by atoms with Gasteiger partial charge in [-0.05, 0) is 19.4 Å². The van der Waals surface area contributed by atoms with Crippen molar-refractivity contribution in [2.45, 2.75) is 25.5 Å². The van der Waals surface area contributed by atoms with Crippen molar-refractivity contribution < 1.29 is 14.3 Å². The van der Waals surface area contributed by atoms with Gasteiger partial charge >= 0.3 is 0 Å². The highest BCUT2D eigenvalue weighted by Gasteiger charge is 2.31. The van der Waals surface area contributed by atoms with E-state index in [2.05, 4.69) is 32.2 Å². The Balaban J connectivity index is 1.77. The van der Waals surface area contributed by atoms with E-state index in [0.717, 1.165) is 0 Å². The molecule has 0 aromatic carbocycles. The lowest BCUT2D eigenvalue weighted by atomic mass is 10.0. The monoisotopic (exact) mass is 372 g/mol. The quantitative estimate of drug-likeness (QED) is 0.650. The summed E-state index contributed by atoms with van der Waals surface area (Å²) in [4.78, 5) is 37.6. The minimum Gasteiger partial charge on any atom is -0.377 e. The fourth-order valence-electron chi connectivity index (χ4n) is 3.23. The Morgan fingerprint density at radius 3 is 3.04 bits per heavy atom. The van der Waals surface area contributed by atoms with Crippen molar-refractivity contribution in [1.29, 1.82) is 0 Å². The number of methoxy groups -OCH3 is 1. The van der Waals surface area contributed by atoms with Gasteiger partial charge in [-0.3, -0.25) is 9.59 Å². The number of anilines is 1. The zero-order valence-corrected chi connectivity index (χ0v) is 15.5. The van der Waals surface area contributed by atoms with Gasteiger partial charge in [-0.15, -0.1) is 0 Å². The van der Waals surface area contributed by atoms with Crippen LogP contribution in [-0.4, -0.2) is 70.6 Å². The van der Waals surface area contributed by atoms with E-state index in [4.69, 9.17) is 4.74 Å². The van der Waals surface area contributed by atoms with Crippen LogP contribution < -0.4 is 10.6 Å². The number of ether oxygens (including phenoxy) is 1. The van der Waals surface area contributed by atoms with Crippen molar-refractivity contribution in [2.24, 2.45) is 0 Å². The number of nitrogens with one attached hydrogen (secondary N) is 3. The molecule has 1 aliphatic rings. The molecule has 0 bridgehead atoms. The zero-order chi connectivity index (χ0) is 19.4. The number of likely N-dealkylation sites (tertiary alicyclic amines) is 1. The summed E-state index contributed by atoms with van der Waals surface area (Å²) < 4.78 is 5.56. The van der Waals surface area contributed by atoms with E-state index < -0.39 is 0 Å². The first-order chi connectivity index (χ1) is 13.1. The maximum absolute atomic E-state index is 12.2. The van der Waals surface area contributed by atoms with Crippen LogP contribution in [0.2, 0.25) is 0 Å². The molecule has 144 valence electrons. The third-order valence-corrected chi connectivity index (χ3v) is 4.64. The van der Waals surface area contributed by atoms with E-state index in [9.17, 15) is 9.59 Å². The molecule has 1 saturated heterocycles. The molecule has 2 aromatic heterocycles. The zero-order valence-electron chi connectivity index (χ0n) is 15.5. The van der Waals surface area contributed by atoms with Gasteiger partial charge in [-0.1, -0.05) is 6.58 Å². The first-order valence-corrected chi connectivity index (χ1v) is 8.90. The fraction of sp³-hybridized carbons (Fsp3) is 0.444. The van der Waals surface area contributed by atoms with Crippen LogP contribution in [0, 0.1) is 0 Å². The maximum atomic E-state index is 12.2. The lowest BCUT2D eigenvalue weighted by Gasteiger charge is -2.37. The van der Waals surface area contributed by atoms with E-state index >= 15 is 0 Å². The van der Waals surface area contributed by atoms with Gasteiger partial charge in [0.15, 0.2) is 5.65 Å². The number of H-pyrrole nitrogens is 1. The molecular formula is C18H24N6O3. The van der Waals surface area contributed by atoms with E-state index in [1.54, 1.807) is 24.4 Å². The highest BCUT2D eigenvalue weighted by atomic mass is 16.5. The number of carbonyl (C=O) groups excluding carboxylic acids is 2. The molecule has 9 heteroatoms. The number of aromatic nitrogens is 3. The number of hydrogen-bond acceptors (Lipinski definition) is 6. The molecule has 0 radical (unpaired) electrons. The average Bonchev–Trinajstić information content (AvgIpc) is 3.11. The number of hydrogen-bond donors (Lipinski definition) is 3. The highest BCUT2D eigenvalue weighted by Crippen LogP contribution is 2.21. The second kappa shape index (κ2) is 8.17. The van der Waals surface area contributed by atoms with Crippen LogP contribution in [-0.2, 0) is 9.53 Å². The number of nitrogens with zero attached hydrogens (tertiary/aromatic N) is 3. The predicted octanol–water partition coefficient (Wildman–Crippen LogP) is 0.921. The lowest BCUT2D eigenvalue weighted by molar-refractivity contribution is -0.129. The molecule has 27 heavy (non-hydrogen) atoms. The molecule has 2 aromatic rings. The molecule has 0 unspecified atom stereocenters. The number of carbonyl (C=O) groups is 2. The van der Waals surface area contributed by atoms with Gasteiger partial charge in [0.05, 0.1) is 23.9 Å². The lowest BCUT2D eigenvalue weighted by Crippen LogP contribution is -2.52. The van der Waals surface area contributed by atoms with E-state index in [1.807, 2.05) is 6.92 Å². The standard InChI is InChI=1S/C18H24N6O3/c1-4-15(25)24-7-6-12(13(10-24)27-3)22-14-9-21-17-16(23-14)11(8-20-17)18(26)19-5-2/h4,8-9,12-13H,1,5-7,10H2,2-3H3,(H,19,26)(H,20,21)(H,22,23)/t12-,13+/m0/s1. The van der Waals surface area contributed by atoms with Crippen LogP contribution in [0.1, 0.15) is 23.7 Å². The van der Waals surface area contributed by atoms with Crippen LogP contribution in [0.3, 0.4) is 0 Å². The van der Waals surface area contributed by atoms with Crippen molar-refractivity contribution >= 4 is 28.8 Å². The van der Waals surface area contributed by atoms with Gasteiger partial charge in [0, 0.05) is 32.9 Å². The van der Waals surface area contributed by atoms with Crippen LogP contribution in [0.25, 0.3) is 11.2 Å². The van der Waals surface area contributed by atoms with Crippen molar-refractivity contribution in [2.75, 3.05) is 32.1 Å². The van der Waals surface area contributed by atoms with E-state index in [1.165, 1.54) is 6.08 Å². The van der Waals surface area contributed by atoms with Crippen LogP contribution >= 0.6 is 0 Å². The summed E-state index contributed by atoms with van der Waals surface area (Å²) >= 11 is 0. The molecule has 2 atom stereocenters. The van der Waals surface area contributed by atoms with E-state index in [-0.39, 0.29) is 24.0 Å². The van der Waals surface area contributed by atoms with Crippen molar-refractivity contribution in [1.82, 2.24) is 25.2 Å². The summed E-state index contributed by atoms with van der Waals surface area (Å²) in [6.07, 6.45) is 5.06. The van der Waals surface area contributed by atoms with Gasteiger partial charge in [-0.25, -0.2) is 9.97 Å². The Hall–Kier alpha value is -2.94. The summed E-state index contributed by atoms with van der Waals surface area (Å²) in [5.41, 5.74) is 1.52. The predicted molar refractivity (Wildman–Crippen MR) is 101 cm³/mol. The number of amides is 2. The molecule has 0 aliphatic carbocycles. The van der Waals surface area contributed by atoms with Crippen LogP contribution in [0.4, 0.5) is 5.82 Å². The summed E-state index contributed by atoms with van der Waals surface area (Å²) in [5.74, 6) is 0.264. The molecule has 3 heterocycles. The highest BCUT2D eigenvalue weighted by molar-refractivity contribution is 6.04. The van der Waals surface area contributed by atoms with Gasteiger partial charge in [0.1, 0.15) is 11.3 Å². The van der Waals surface area contributed by atoms with Crippen LogP contribution in [0.15, 0.2) is 25.0 Å². The molecular weight excluding hydrogens is 348 g/mol. The maximum Gasteiger partial charge on any atom is 0.255 e. The molecule has 0 saturated carbocycles. The number of fused-ring (bicyclic) bond motifs is 1. The van der Waals surface area contributed by atoms with Crippen molar-refractivity contribution in [3.8, 4) is 0 Å². The van der Waals surface area contributed by atoms with E-state index in [0.29, 0.717) is 48.6 Å². The third-order valence-electron chi connectivity index (χ3n) is 4.64. The Morgan fingerprint density at radius 2 is 2.33 bits per heavy atom. The van der Waals surface area contributed by atoms with Gasteiger partial charge in [0.2, 0.25) is 5.91 Å². The minimum atomic E-state index is -0.193. The number of piperidine rings is 1. The van der Waals surface area contributed by atoms with Crippen molar-refractivity contribution in [3.63, 3.8) is 0 Å². The molecule has 3 rings (SSSR count). The molecule has 2 amide bonds.